The van der Waals surface area contributed by atoms with Gasteiger partial charge in [0.05, 0.1) is 43.5 Å². The second kappa shape index (κ2) is 15.3. The van der Waals surface area contributed by atoms with Crippen LogP contribution in [0.4, 0.5) is 4.79 Å². The molecule has 0 bridgehead atoms. The summed E-state index contributed by atoms with van der Waals surface area (Å²) in [6, 6.07) is 14.7. The molecular weight excluding hydrogens is 536 g/mol. The van der Waals surface area contributed by atoms with E-state index in [2.05, 4.69) is 5.32 Å². The van der Waals surface area contributed by atoms with E-state index in [-0.39, 0.29) is 43.0 Å². The van der Waals surface area contributed by atoms with Crippen LogP contribution in [0, 0.1) is 5.92 Å². The van der Waals surface area contributed by atoms with Crippen LogP contribution in [-0.4, -0.2) is 88.8 Å². The zero-order valence-corrected chi connectivity index (χ0v) is 24.5. The number of ether oxygens (including phenoxy) is 4. The molecule has 2 unspecified atom stereocenters. The Bertz CT molecular complexity index is 1140. The molecular formula is C29H42N2O8S. The lowest BCUT2D eigenvalue weighted by Crippen LogP contribution is -2.51. The molecule has 0 aromatic heterocycles. The Labute approximate surface area is 237 Å². The number of methoxy groups -OCH3 is 2. The van der Waals surface area contributed by atoms with Gasteiger partial charge in [-0.25, -0.2) is 13.2 Å². The van der Waals surface area contributed by atoms with Gasteiger partial charge in [0.15, 0.2) is 0 Å². The van der Waals surface area contributed by atoms with E-state index in [4.69, 9.17) is 18.9 Å². The van der Waals surface area contributed by atoms with Crippen LogP contribution in [0.5, 0.6) is 5.75 Å². The van der Waals surface area contributed by atoms with E-state index in [1.54, 1.807) is 19.2 Å². The summed E-state index contributed by atoms with van der Waals surface area (Å²) in [6.07, 6.45) is -0.868. The summed E-state index contributed by atoms with van der Waals surface area (Å²) in [5, 5.41) is 14.2. The van der Waals surface area contributed by atoms with E-state index in [1.807, 2.05) is 44.2 Å². The zero-order valence-electron chi connectivity index (χ0n) is 23.7. The summed E-state index contributed by atoms with van der Waals surface area (Å²) in [6.45, 7) is 4.47. The van der Waals surface area contributed by atoms with Crippen LogP contribution in [0.1, 0.15) is 32.3 Å². The van der Waals surface area contributed by atoms with Crippen molar-refractivity contribution in [3.63, 3.8) is 0 Å². The first-order valence-electron chi connectivity index (χ1n) is 13.6. The fraction of sp³-hybridized carbons (Fsp3) is 0.552. The molecule has 3 rings (SSSR count). The predicted molar refractivity (Wildman–Crippen MR) is 151 cm³/mol. The lowest BCUT2D eigenvalue weighted by atomic mass is 10.0. The molecule has 0 aliphatic carbocycles. The third-order valence-corrected chi connectivity index (χ3v) is 8.59. The van der Waals surface area contributed by atoms with Crippen molar-refractivity contribution >= 4 is 16.1 Å². The summed E-state index contributed by atoms with van der Waals surface area (Å²) in [7, 11) is -0.811. The highest BCUT2D eigenvalue weighted by molar-refractivity contribution is 7.89. The lowest BCUT2D eigenvalue weighted by Gasteiger charge is -2.31. The number of rotatable bonds is 13. The molecule has 0 spiro atoms. The van der Waals surface area contributed by atoms with Crippen LogP contribution in [0.2, 0.25) is 0 Å². The standard InChI is InChI=1S/C29H42N2O8S/c1-21(2)17-31(40(34,35)26-14-12-23(36-3)13-15-26)18-28(32)27(16-22-8-6-5-7-9-22)30-29(33)39-25-11-10-24(37-4)19-38-20-25/h5-9,12-15,21,24-25,27-28,32H,10-11,16-20H2,1-4H3,(H,30,33)/t24?,25?,27-,28+/m0/s1. The monoisotopic (exact) mass is 578 g/mol. The molecule has 40 heavy (non-hydrogen) atoms. The van der Waals surface area contributed by atoms with Crippen molar-refractivity contribution in [2.24, 2.45) is 5.92 Å². The average Bonchev–Trinajstić information content (AvgIpc) is 3.17. The van der Waals surface area contributed by atoms with E-state index in [0.717, 1.165) is 5.56 Å². The Morgan fingerprint density at radius 3 is 2.30 bits per heavy atom. The molecule has 4 atom stereocenters. The highest BCUT2D eigenvalue weighted by Gasteiger charge is 2.32. The maximum Gasteiger partial charge on any atom is 0.407 e. The number of nitrogens with zero attached hydrogens (tertiary/aromatic N) is 1. The summed E-state index contributed by atoms with van der Waals surface area (Å²) < 4.78 is 50.2. The van der Waals surface area contributed by atoms with E-state index < -0.39 is 34.4 Å². The van der Waals surface area contributed by atoms with Crippen molar-refractivity contribution in [3.8, 4) is 5.75 Å². The van der Waals surface area contributed by atoms with Crippen LogP contribution in [-0.2, 0) is 30.7 Å². The summed E-state index contributed by atoms with van der Waals surface area (Å²) in [5.74, 6) is 0.536. The quantitative estimate of drug-likeness (QED) is 0.371. The molecule has 1 amide bonds. The predicted octanol–water partition coefficient (Wildman–Crippen LogP) is 3.23. The molecule has 2 aromatic rings. The molecule has 1 aliphatic heterocycles. The Balaban J connectivity index is 1.77. The van der Waals surface area contributed by atoms with E-state index in [9.17, 15) is 18.3 Å². The maximum absolute atomic E-state index is 13.6. The van der Waals surface area contributed by atoms with Crippen molar-refractivity contribution < 1.29 is 37.3 Å². The smallest absolute Gasteiger partial charge is 0.407 e. The van der Waals surface area contributed by atoms with Gasteiger partial charge in [-0.05, 0) is 55.0 Å². The van der Waals surface area contributed by atoms with Gasteiger partial charge in [-0.2, -0.15) is 4.31 Å². The number of carbonyl (C=O) groups is 1. The van der Waals surface area contributed by atoms with Crippen molar-refractivity contribution in [3.05, 3.63) is 60.2 Å². The zero-order chi connectivity index (χ0) is 29.1. The number of benzene rings is 2. The molecule has 10 nitrogen and oxygen atoms in total. The minimum absolute atomic E-state index is 0.00289. The minimum atomic E-state index is -3.94. The number of hydrogen-bond acceptors (Lipinski definition) is 8. The lowest BCUT2D eigenvalue weighted by molar-refractivity contribution is -0.00120. The number of sulfonamides is 1. The van der Waals surface area contributed by atoms with Gasteiger partial charge < -0.3 is 29.4 Å². The van der Waals surface area contributed by atoms with E-state index in [1.165, 1.54) is 23.5 Å². The number of aliphatic hydroxyl groups excluding tert-OH is 1. The first kappa shape index (κ1) is 31.8. The molecule has 1 aliphatic rings. The van der Waals surface area contributed by atoms with Crippen molar-refractivity contribution in [2.75, 3.05) is 40.5 Å². The van der Waals surface area contributed by atoms with Crippen molar-refractivity contribution in [2.45, 2.75) is 62.4 Å². The average molecular weight is 579 g/mol. The Morgan fingerprint density at radius 1 is 1.02 bits per heavy atom. The molecule has 1 heterocycles. The number of nitrogens with one attached hydrogen (secondary N) is 1. The van der Waals surface area contributed by atoms with Crippen LogP contribution in [0.3, 0.4) is 0 Å². The Hall–Kier alpha value is -2.70. The molecule has 0 radical (unpaired) electrons. The Morgan fingerprint density at radius 2 is 1.68 bits per heavy atom. The molecule has 1 fully saturated rings. The first-order valence-corrected chi connectivity index (χ1v) is 15.0. The van der Waals surface area contributed by atoms with Crippen LogP contribution in [0.25, 0.3) is 0 Å². The van der Waals surface area contributed by atoms with Crippen molar-refractivity contribution in [1.82, 2.24) is 9.62 Å². The largest absolute Gasteiger partial charge is 0.497 e. The van der Waals surface area contributed by atoms with Gasteiger partial charge in [0.25, 0.3) is 0 Å². The highest BCUT2D eigenvalue weighted by Crippen LogP contribution is 2.22. The SMILES string of the molecule is COc1ccc(S(=O)(=O)N(CC(C)C)C[C@@H](O)[C@H](Cc2ccccc2)NC(=O)OC2CCC(OC)COC2)cc1. The van der Waals surface area contributed by atoms with Gasteiger partial charge in [-0.15, -0.1) is 0 Å². The number of alkyl carbamates (subject to hydrolysis) is 1. The molecule has 222 valence electrons. The summed E-state index contributed by atoms with van der Waals surface area (Å²) >= 11 is 0. The van der Waals surface area contributed by atoms with Gasteiger partial charge in [-0.1, -0.05) is 44.2 Å². The van der Waals surface area contributed by atoms with Gasteiger partial charge in [-0.3, -0.25) is 0 Å². The second-order valence-electron chi connectivity index (χ2n) is 10.4. The molecule has 2 N–H and O–H groups in total. The minimum Gasteiger partial charge on any atom is -0.497 e. The van der Waals surface area contributed by atoms with Crippen LogP contribution >= 0.6 is 0 Å². The summed E-state index contributed by atoms with van der Waals surface area (Å²) in [5.41, 5.74) is 0.876. The van der Waals surface area contributed by atoms with Gasteiger partial charge >= 0.3 is 6.09 Å². The molecule has 2 aromatic carbocycles. The van der Waals surface area contributed by atoms with E-state index >= 15 is 0 Å². The molecule has 1 saturated heterocycles. The molecule has 0 saturated carbocycles. The maximum atomic E-state index is 13.6. The van der Waals surface area contributed by atoms with E-state index in [0.29, 0.717) is 25.2 Å². The Kier molecular flexibility index (Phi) is 12.2. The van der Waals surface area contributed by atoms with Gasteiger partial charge in [0.1, 0.15) is 11.9 Å². The van der Waals surface area contributed by atoms with Crippen LogP contribution < -0.4 is 10.1 Å². The number of amides is 1. The number of hydrogen-bond donors (Lipinski definition) is 2. The summed E-state index contributed by atoms with van der Waals surface area (Å²) in [4.78, 5) is 13.0. The fourth-order valence-corrected chi connectivity index (χ4v) is 6.17. The fourth-order valence-electron chi connectivity index (χ4n) is 4.55. The topological polar surface area (TPSA) is 124 Å². The third-order valence-electron chi connectivity index (χ3n) is 6.75. The molecule has 11 heteroatoms. The van der Waals surface area contributed by atoms with Gasteiger partial charge in [0.2, 0.25) is 10.0 Å². The number of aliphatic hydroxyl groups is 1. The van der Waals surface area contributed by atoms with Crippen LogP contribution in [0.15, 0.2) is 59.5 Å². The third kappa shape index (κ3) is 9.45. The number of carbonyl (C=O) groups excluding carboxylic acids is 1. The normalized spacial score (nSPS) is 19.6. The van der Waals surface area contributed by atoms with Gasteiger partial charge in [0, 0.05) is 20.2 Å². The first-order chi connectivity index (χ1) is 19.1. The van der Waals surface area contributed by atoms with Crippen molar-refractivity contribution in [1.29, 1.82) is 0 Å². The highest BCUT2D eigenvalue weighted by atomic mass is 32.2. The second-order valence-corrected chi connectivity index (χ2v) is 12.3.